The third-order valence-electron chi connectivity index (χ3n) is 2.80. The molecule has 0 radical (unpaired) electrons. The lowest BCUT2D eigenvalue weighted by molar-refractivity contribution is 0.214. The lowest BCUT2D eigenvalue weighted by Gasteiger charge is -2.18. The molecule has 0 aliphatic carbocycles. The summed E-state index contributed by atoms with van der Waals surface area (Å²) in [7, 11) is 0. The van der Waals surface area contributed by atoms with Crippen LogP contribution in [0, 0.1) is 6.92 Å². The quantitative estimate of drug-likeness (QED) is 0.845. The highest BCUT2D eigenvalue weighted by Gasteiger charge is 2.19. The zero-order valence-corrected chi connectivity index (χ0v) is 11.3. The maximum Gasteiger partial charge on any atom is 0.109 e. The Kier molecular flexibility index (Phi) is 4.57. The molecule has 1 aliphatic rings. The Hall–Kier alpha value is -0.870. The van der Waals surface area contributed by atoms with Crippen molar-refractivity contribution in [2.24, 2.45) is 0 Å². The van der Waals surface area contributed by atoms with Crippen molar-refractivity contribution in [2.75, 3.05) is 13.2 Å². The number of thiazole rings is 1. The molecular weight excluding hydrogens is 232 g/mol. The molecular formula is C13H20N2OS. The van der Waals surface area contributed by atoms with Crippen LogP contribution < -0.4 is 5.32 Å². The van der Waals surface area contributed by atoms with Gasteiger partial charge in [0.15, 0.2) is 0 Å². The lowest BCUT2D eigenvalue weighted by Crippen LogP contribution is -2.34. The highest BCUT2D eigenvalue weighted by Crippen LogP contribution is 2.18. The van der Waals surface area contributed by atoms with Crippen LogP contribution in [-0.4, -0.2) is 24.2 Å². The minimum absolute atomic E-state index is 0.291. The summed E-state index contributed by atoms with van der Waals surface area (Å²) in [4.78, 5) is 4.53. The predicted molar refractivity (Wildman–Crippen MR) is 71.3 cm³/mol. The van der Waals surface area contributed by atoms with E-state index in [1.54, 1.807) is 11.3 Å². The molecule has 1 N–H and O–H groups in total. The highest BCUT2D eigenvalue weighted by molar-refractivity contribution is 7.09. The Balaban J connectivity index is 1.99. The van der Waals surface area contributed by atoms with E-state index in [-0.39, 0.29) is 0 Å². The number of ether oxygens (including phenoxy) is 1. The molecule has 1 aromatic rings. The molecule has 0 fully saturated rings. The monoisotopic (exact) mass is 252 g/mol. The van der Waals surface area contributed by atoms with E-state index in [9.17, 15) is 0 Å². The minimum atomic E-state index is 0.291. The molecule has 0 saturated carbocycles. The Morgan fingerprint density at radius 2 is 2.47 bits per heavy atom. The first-order valence-corrected chi connectivity index (χ1v) is 7.14. The topological polar surface area (TPSA) is 34.2 Å². The molecule has 1 unspecified atom stereocenters. The van der Waals surface area contributed by atoms with E-state index < -0.39 is 0 Å². The molecule has 1 aromatic heterocycles. The van der Waals surface area contributed by atoms with Crippen molar-refractivity contribution < 1.29 is 4.74 Å². The largest absolute Gasteiger partial charge is 0.496 e. The fourth-order valence-electron chi connectivity index (χ4n) is 1.98. The van der Waals surface area contributed by atoms with E-state index >= 15 is 0 Å². The Labute approximate surface area is 107 Å². The molecule has 2 heterocycles. The lowest BCUT2D eigenvalue weighted by atomic mass is 10.1. The van der Waals surface area contributed by atoms with Gasteiger partial charge in [0.05, 0.1) is 23.4 Å². The van der Waals surface area contributed by atoms with Gasteiger partial charge in [-0.2, -0.15) is 0 Å². The number of nitrogens with zero attached hydrogens (tertiary/aromatic N) is 1. The van der Waals surface area contributed by atoms with Crippen LogP contribution in [0.25, 0.3) is 0 Å². The fourth-order valence-corrected chi connectivity index (χ4v) is 2.61. The first kappa shape index (κ1) is 12.6. The van der Waals surface area contributed by atoms with Crippen LogP contribution >= 0.6 is 11.3 Å². The van der Waals surface area contributed by atoms with Gasteiger partial charge >= 0.3 is 0 Å². The van der Waals surface area contributed by atoms with Crippen LogP contribution in [0.5, 0.6) is 0 Å². The van der Waals surface area contributed by atoms with E-state index in [1.165, 1.54) is 0 Å². The molecule has 94 valence electrons. The SMILES string of the molecule is CCCNC(Cc1csc(C)n1)C1=CCCO1. The third kappa shape index (κ3) is 3.54. The minimum Gasteiger partial charge on any atom is -0.496 e. The summed E-state index contributed by atoms with van der Waals surface area (Å²) < 4.78 is 5.67. The number of hydrogen-bond donors (Lipinski definition) is 1. The standard InChI is InChI=1S/C13H20N2OS/c1-3-6-14-12(13-5-4-7-16-13)8-11-9-17-10(2)15-11/h5,9,12,14H,3-4,6-8H2,1-2H3. The van der Waals surface area contributed by atoms with Crippen LogP contribution in [0.1, 0.15) is 30.5 Å². The third-order valence-corrected chi connectivity index (χ3v) is 3.62. The second-order valence-corrected chi connectivity index (χ2v) is 5.37. The molecule has 4 heteroatoms. The van der Waals surface area contributed by atoms with Crippen LogP contribution in [0.15, 0.2) is 17.2 Å². The predicted octanol–water partition coefficient (Wildman–Crippen LogP) is 2.67. The number of aromatic nitrogens is 1. The van der Waals surface area contributed by atoms with E-state index in [0.29, 0.717) is 6.04 Å². The number of nitrogens with one attached hydrogen (secondary N) is 1. The van der Waals surface area contributed by atoms with Crippen LogP contribution in [0.2, 0.25) is 0 Å². The smallest absolute Gasteiger partial charge is 0.109 e. The van der Waals surface area contributed by atoms with E-state index in [2.05, 4.69) is 28.7 Å². The van der Waals surface area contributed by atoms with Gasteiger partial charge in [-0.05, 0) is 26.0 Å². The fraction of sp³-hybridized carbons (Fsp3) is 0.615. The van der Waals surface area contributed by atoms with Crippen molar-refractivity contribution >= 4 is 11.3 Å². The molecule has 0 amide bonds. The van der Waals surface area contributed by atoms with Gasteiger partial charge in [-0.3, -0.25) is 0 Å². The normalized spacial score (nSPS) is 16.7. The van der Waals surface area contributed by atoms with Crippen molar-refractivity contribution in [3.05, 3.63) is 27.9 Å². The summed E-state index contributed by atoms with van der Waals surface area (Å²) >= 11 is 1.71. The maximum absolute atomic E-state index is 5.67. The number of rotatable bonds is 6. The Morgan fingerprint density at radius 3 is 3.06 bits per heavy atom. The number of hydrogen-bond acceptors (Lipinski definition) is 4. The first-order valence-electron chi connectivity index (χ1n) is 6.27. The van der Waals surface area contributed by atoms with Gasteiger partial charge in [-0.25, -0.2) is 4.98 Å². The highest BCUT2D eigenvalue weighted by atomic mass is 32.1. The van der Waals surface area contributed by atoms with Gasteiger partial charge in [-0.1, -0.05) is 6.92 Å². The maximum atomic E-state index is 5.67. The zero-order valence-electron chi connectivity index (χ0n) is 10.5. The average Bonchev–Trinajstić information content (AvgIpc) is 2.95. The van der Waals surface area contributed by atoms with Gasteiger partial charge in [0.25, 0.3) is 0 Å². The molecule has 0 saturated heterocycles. The molecule has 0 aromatic carbocycles. The molecule has 17 heavy (non-hydrogen) atoms. The zero-order chi connectivity index (χ0) is 12.1. The molecule has 0 spiro atoms. The second kappa shape index (κ2) is 6.17. The summed E-state index contributed by atoms with van der Waals surface area (Å²) in [6.07, 6.45) is 5.30. The van der Waals surface area contributed by atoms with Gasteiger partial charge in [0, 0.05) is 18.2 Å². The summed E-state index contributed by atoms with van der Waals surface area (Å²) in [6.45, 7) is 6.08. The molecule has 2 rings (SSSR count). The van der Waals surface area contributed by atoms with Crippen LogP contribution in [0.4, 0.5) is 0 Å². The molecule has 3 nitrogen and oxygen atoms in total. The van der Waals surface area contributed by atoms with Crippen molar-refractivity contribution in [2.45, 2.75) is 39.2 Å². The van der Waals surface area contributed by atoms with Crippen LogP contribution in [0.3, 0.4) is 0 Å². The van der Waals surface area contributed by atoms with Crippen molar-refractivity contribution in [3.8, 4) is 0 Å². The van der Waals surface area contributed by atoms with E-state index in [1.807, 2.05) is 6.92 Å². The van der Waals surface area contributed by atoms with Crippen molar-refractivity contribution in [3.63, 3.8) is 0 Å². The summed E-state index contributed by atoms with van der Waals surface area (Å²) in [6, 6.07) is 0.291. The summed E-state index contributed by atoms with van der Waals surface area (Å²) in [5.41, 5.74) is 1.16. The average molecular weight is 252 g/mol. The second-order valence-electron chi connectivity index (χ2n) is 4.31. The molecule has 1 atom stereocenters. The summed E-state index contributed by atoms with van der Waals surface area (Å²) in [5, 5.41) is 6.82. The van der Waals surface area contributed by atoms with Crippen LogP contribution in [-0.2, 0) is 11.2 Å². The first-order chi connectivity index (χ1) is 8.29. The molecule has 1 aliphatic heterocycles. The van der Waals surface area contributed by atoms with Gasteiger partial charge in [0.2, 0.25) is 0 Å². The summed E-state index contributed by atoms with van der Waals surface area (Å²) in [5.74, 6) is 1.10. The van der Waals surface area contributed by atoms with Gasteiger partial charge < -0.3 is 10.1 Å². The Bertz CT molecular complexity index is 387. The molecule has 0 bridgehead atoms. The van der Waals surface area contributed by atoms with Crippen molar-refractivity contribution in [1.82, 2.24) is 10.3 Å². The number of aryl methyl sites for hydroxylation is 1. The van der Waals surface area contributed by atoms with Gasteiger partial charge in [0.1, 0.15) is 5.76 Å². The Morgan fingerprint density at radius 1 is 1.59 bits per heavy atom. The van der Waals surface area contributed by atoms with Gasteiger partial charge in [-0.15, -0.1) is 11.3 Å². The van der Waals surface area contributed by atoms with E-state index in [4.69, 9.17) is 4.74 Å². The van der Waals surface area contributed by atoms with Crippen molar-refractivity contribution in [1.29, 1.82) is 0 Å². The van der Waals surface area contributed by atoms with E-state index in [0.717, 1.165) is 48.9 Å².